The van der Waals surface area contributed by atoms with Gasteiger partial charge in [-0.05, 0) is 78.8 Å². The first-order valence-corrected chi connectivity index (χ1v) is 15.5. The second-order valence-electron chi connectivity index (χ2n) is 11.8. The molecule has 0 spiro atoms. The van der Waals surface area contributed by atoms with Crippen molar-refractivity contribution in [2.24, 2.45) is 23.7 Å². The van der Waals surface area contributed by atoms with Crippen molar-refractivity contribution in [1.29, 1.82) is 0 Å². The molecule has 2 aliphatic heterocycles. The first kappa shape index (κ1) is 29.9. The smallest absolute Gasteiger partial charge is 0.271 e. The molecule has 0 saturated carbocycles. The Bertz CT molecular complexity index is 1700. The van der Waals surface area contributed by atoms with Gasteiger partial charge in [0.2, 0.25) is 11.8 Å². The van der Waals surface area contributed by atoms with Gasteiger partial charge in [-0.25, -0.2) is 4.90 Å². The maximum atomic E-state index is 13.9. The van der Waals surface area contributed by atoms with Crippen LogP contribution >= 0.6 is 15.9 Å². The number of ether oxygens (including phenoxy) is 1. The second-order valence-corrected chi connectivity index (χ2v) is 12.7. The monoisotopic (exact) mass is 657 g/mol. The van der Waals surface area contributed by atoms with Crippen molar-refractivity contribution >= 4 is 50.8 Å². The van der Waals surface area contributed by atoms with Crippen LogP contribution < -0.4 is 4.90 Å². The maximum absolute atomic E-state index is 13.9. The Balaban J connectivity index is 1.30. The van der Waals surface area contributed by atoms with Gasteiger partial charge in [-0.3, -0.25) is 24.7 Å². The van der Waals surface area contributed by atoms with Crippen molar-refractivity contribution in [3.05, 3.63) is 104 Å². The minimum atomic E-state index is -0.575. The lowest BCUT2D eigenvalue weighted by molar-refractivity contribution is -0.384. The molecule has 44 heavy (non-hydrogen) atoms. The number of rotatable bonds is 8. The summed E-state index contributed by atoms with van der Waals surface area (Å²) in [5.74, 6) is -1.67. The number of hydrogen-bond acceptors (Lipinski definition) is 7. The Labute approximate surface area is 263 Å². The van der Waals surface area contributed by atoms with Crippen LogP contribution in [0.25, 0.3) is 11.6 Å². The Morgan fingerprint density at radius 3 is 2.68 bits per heavy atom. The topological polar surface area (TPSA) is 123 Å². The fraction of sp³-hybridized carbons (Fsp3) is 0.324. The molecule has 0 bridgehead atoms. The van der Waals surface area contributed by atoms with E-state index >= 15 is 0 Å². The van der Waals surface area contributed by atoms with Crippen molar-refractivity contribution in [3.8, 4) is 5.75 Å². The van der Waals surface area contributed by atoms with Crippen molar-refractivity contribution in [2.75, 3.05) is 11.5 Å². The van der Waals surface area contributed by atoms with Crippen molar-refractivity contribution in [2.45, 2.75) is 39.2 Å². The van der Waals surface area contributed by atoms with Gasteiger partial charge >= 0.3 is 0 Å². The van der Waals surface area contributed by atoms with E-state index in [4.69, 9.17) is 4.74 Å². The third kappa shape index (κ3) is 5.48. The molecule has 1 aromatic heterocycles. The van der Waals surface area contributed by atoms with Gasteiger partial charge in [-0.1, -0.05) is 47.5 Å². The number of amides is 2. The molecule has 3 aliphatic rings. The third-order valence-electron chi connectivity index (χ3n) is 8.93. The fourth-order valence-corrected chi connectivity index (χ4v) is 7.28. The molecule has 3 aromatic rings. The molecule has 0 radical (unpaired) electrons. The number of benzene rings is 2. The van der Waals surface area contributed by atoms with Gasteiger partial charge in [0.15, 0.2) is 0 Å². The Morgan fingerprint density at radius 1 is 1.14 bits per heavy atom. The van der Waals surface area contributed by atoms with Crippen LogP contribution in [0.1, 0.15) is 44.4 Å². The number of imide groups is 1. The van der Waals surface area contributed by atoms with E-state index in [1.807, 2.05) is 30.3 Å². The minimum absolute atomic E-state index is 0.150. The van der Waals surface area contributed by atoms with Crippen molar-refractivity contribution in [1.82, 2.24) is 4.98 Å². The number of carbonyl (C=O) groups excluding carboxylic acids is 2. The van der Waals surface area contributed by atoms with Crippen molar-refractivity contribution in [3.63, 3.8) is 0 Å². The number of non-ortho nitro benzene ring substituents is 1. The summed E-state index contributed by atoms with van der Waals surface area (Å²) in [5, 5.41) is 21.9. The predicted molar refractivity (Wildman–Crippen MR) is 169 cm³/mol. The third-order valence-corrected chi connectivity index (χ3v) is 9.42. The first-order chi connectivity index (χ1) is 21.1. The quantitative estimate of drug-likeness (QED) is 0.120. The van der Waals surface area contributed by atoms with Gasteiger partial charge in [0, 0.05) is 34.3 Å². The number of aromatic nitrogens is 1. The van der Waals surface area contributed by atoms with E-state index < -0.39 is 16.8 Å². The summed E-state index contributed by atoms with van der Waals surface area (Å²) in [6, 6.07) is 16.7. The molecule has 1 N–H and O–H groups in total. The van der Waals surface area contributed by atoms with Crippen LogP contribution in [0, 0.1) is 33.8 Å². The number of anilines is 1. The van der Waals surface area contributed by atoms with E-state index in [1.165, 1.54) is 18.2 Å². The van der Waals surface area contributed by atoms with E-state index in [0.717, 1.165) is 31.8 Å². The fourth-order valence-electron chi connectivity index (χ4n) is 6.90. The first-order valence-electron chi connectivity index (χ1n) is 14.7. The van der Waals surface area contributed by atoms with Gasteiger partial charge in [-0.15, -0.1) is 0 Å². The number of phenolic OH excluding ortho intramolecular Hbond substituents is 1. The van der Waals surface area contributed by atoms with E-state index in [0.29, 0.717) is 31.4 Å². The molecule has 3 heterocycles. The van der Waals surface area contributed by atoms with Gasteiger partial charge in [0.25, 0.3) is 5.69 Å². The number of hydrogen-bond donors (Lipinski definition) is 1. The summed E-state index contributed by atoms with van der Waals surface area (Å²) >= 11 is 3.49. The molecular formula is C34H32BrN3O6. The van der Waals surface area contributed by atoms with Crippen LogP contribution in [0.5, 0.6) is 5.75 Å². The molecule has 10 heteroatoms. The zero-order valence-electron chi connectivity index (χ0n) is 24.4. The van der Waals surface area contributed by atoms with Gasteiger partial charge in [0.1, 0.15) is 5.75 Å². The molecular weight excluding hydrogens is 626 g/mol. The standard InChI is InChI=1S/C34H32BrN3O6/c1-19(2)25-17-26-32(34(41)37(33(26)40)23-6-5-7-24(16-23)38(42)43)27-18-44-30(31(25)27)12-9-20(28-8-3-4-13-36-28)14-21-15-22(35)10-11-29(21)39/h3-8,10-11,13-16,19,26-27,30,32,39H,9,12,17-18H2,1-2H3/b20-14-/t26-,27+,30-,32-/m1/s1. The molecule has 2 fully saturated rings. The highest BCUT2D eigenvalue weighted by atomic mass is 79.9. The molecule has 1 aliphatic carbocycles. The van der Waals surface area contributed by atoms with Gasteiger partial charge in [-0.2, -0.15) is 0 Å². The maximum Gasteiger partial charge on any atom is 0.271 e. The molecule has 9 nitrogen and oxygen atoms in total. The number of phenols is 1. The van der Waals surface area contributed by atoms with Gasteiger partial charge in [0.05, 0.1) is 40.9 Å². The van der Waals surface area contributed by atoms with Crippen LogP contribution in [0.4, 0.5) is 11.4 Å². The molecule has 2 saturated heterocycles. The van der Waals surface area contributed by atoms with E-state index in [2.05, 4.69) is 34.8 Å². The van der Waals surface area contributed by atoms with Crippen LogP contribution in [0.15, 0.2) is 82.5 Å². The number of carbonyl (C=O) groups is 2. The minimum Gasteiger partial charge on any atom is -0.507 e. The van der Waals surface area contributed by atoms with Crippen LogP contribution in [-0.4, -0.2) is 39.5 Å². The number of nitrogens with zero attached hydrogens (tertiary/aromatic N) is 3. The summed E-state index contributed by atoms with van der Waals surface area (Å²) < 4.78 is 7.26. The van der Waals surface area contributed by atoms with Crippen LogP contribution in [0.3, 0.4) is 0 Å². The van der Waals surface area contributed by atoms with Crippen LogP contribution in [-0.2, 0) is 14.3 Å². The number of fused-ring (bicyclic) bond motifs is 3. The summed E-state index contributed by atoms with van der Waals surface area (Å²) in [5.41, 5.74) is 4.72. The lowest BCUT2D eigenvalue weighted by atomic mass is 9.67. The lowest BCUT2D eigenvalue weighted by Crippen LogP contribution is -2.35. The number of allylic oxidation sites excluding steroid dienone is 2. The van der Waals surface area contributed by atoms with E-state index in [-0.39, 0.29) is 46.9 Å². The Hall–Kier alpha value is -4.15. The number of nitro benzene ring substituents is 1. The number of aromatic hydroxyl groups is 1. The number of nitro groups is 1. The molecule has 2 amide bonds. The average Bonchev–Trinajstić information content (AvgIpc) is 3.54. The SMILES string of the molecule is CC(C)C1=C2[C@@H](CC/C(=C/c3cc(Br)ccc3O)c3ccccn3)OC[C@@H]2[C@@H]2C(=O)N(c3cccc([N+](=O)[O-])c3)C(=O)[C@@H]2C1. The zero-order chi connectivity index (χ0) is 31.1. The second kappa shape index (κ2) is 12.1. The van der Waals surface area contributed by atoms with E-state index in [9.17, 15) is 24.8 Å². The molecule has 6 rings (SSSR count). The van der Waals surface area contributed by atoms with Gasteiger partial charge < -0.3 is 9.84 Å². The lowest BCUT2D eigenvalue weighted by Gasteiger charge is -2.33. The highest BCUT2D eigenvalue weighted by Gasteiger charge is 2.57. The van der Waals surface area contributed by atoms with Crippen molar-refractivity contribution < 1.29 is 24.4 Å². The summed E-state index contributed by atoms with van der Waals surface area (Å²) in [6.45, 7) is 4.53. The largest absolute Gasteiger partial charge is 0.507 e. The molecule has 0 unspecified atom stereocenters. The van der Waals surface area contributed by atoms with Crippen LogP contribution in [0.2, 0.25) is 0 Å². The van der Waals surface area contributed by atoms with E-state index in [1.54, 1.807) is 24.4 Å². The normalized spacial score (nSPS) is 23.4. The molecule has 4 atom stereocenters. The Morgan fingerprint density at radius 2 is 1.95 bits per heavy atom. The average molecular weight is 659 g/mol. The highest BCUT2D eigenvalue weighted by molar-refractivity contribution is 9.10. The summed E-state index contributed by atoms with van der Waals surface area (Å²) in [4.78, 5) is 44.2. The summed E-state index contributed by atoms with van der Waals surface area (Å²) in [6.07, 6.45) is 5.14. The highest BCUT2D eigenvalue weighted by Crippen LogP contribution is 2.52. The zero-order valence-corrected chi connectivity index (χ0v) is 25.9. The molecule has 226 valence electrons. The predicted octanol–water partition coefficient (Wildman–Crippen LogP) is 6.96. The number of halogens is 1. The number of pyridine rings is 1. The molecule has 2 aromatic carbocycles. The Kier molecular flexibility index (Phi) is 8.22. The summed E-state index contributed by atoms with van der Waals surface area (Å²) in [7, 11) is 0.